The average Bonchev–Trinajstić information content (AvgIpc) is 2.55. The normalized spacial score (nSPS) is 10.7. The Labute approximate surface area is 152 Å². The standard InChI is InChI=1S/C18H13BrFN3O2/c1-11(24)22-15-4-6-16(7-5-15)23-18(25)13(10-21)8-12-2-3-14(19)9-17(12)20/h2-9H,1H3,(H,22,24)(H,23,25). The fraction of sp³-hybridized carbons (Fsp3) is 0.0556. The minimum atomic E-state index is -0.655. The first-order chi connectivity index (χ1) is 11.9. The molecule has 126 valence electrons. The molecule has 2 N–H and O–H groups in total. The van der Waals surface area contributed by atoms with Crippen LogP contribution >= 0.6 is 15.9 Å². The highest BCUT2D eigenvalue weighted by atomic mass is 79.9. The first kappa shape index (κ1) is 18.4. The largest absolute Gasteiger partial charge is 0.326 e. The molecule has 0 unspecified atom stereocenters. The first-order valence-electron chi connectivity index (χ1n) is 7.15. The summed E-state index contributed by atoms with van der Waals surface area (Å²) in [4.78, 5) is 23.2. The smallest absolute Gasteiger partial charge is 0.266 e. The van der Waals surface area contributed by atoms with Crippen molar-refractivity contribution in [3.05, 3.63) is 63.9 Å². The molecule has 0 atom stereocenters. The third kappa shape index (κ3) is 5.26. The van der Waals surface area contributed by atoms with E-state index in [-0.39, 0.29) is 17.0 Å². The summed E-state index contributed by atoms with van der Waals surface area (Å²) in [6.07, 6.45) is 1.18. The lowest BCUT2D eigenvalue weighted by molar-refractivity contribution is -0.114. The van der Waals surface area contributed by atoms with Crippen LogP contribution in [0.5, 0.6) is 0 Å². The van der Waals surface area contributed by atoms with Crippen LogP contribution in [0.1, 0.15) is 12.5 Å². The lowest BCUT2D eigenvalue weighted by Crippen LogP contribution is -2.13. The number of anilines is 2. The highest BCUT2D eigenvalue weighted by Crippen LogP contribution is 2.19. The number of hydrogen-bond donors (Lipinski definition) is 2. The van der Waals surface area contributed by atoms with E-state index in [1.807, 2.05) is 0 Å². The maximum atomic E-state index is 13.8. The lowest BCUT2D eigenvalue weighted by atomic mass is 10.1. The number of carbonyl (C=O) groups is 2. The van der Waals surface area contributed by atoms with Crippen LogP contribution in [0, 0.1) is 17.1 Å². The molecule has 0 bridgehead atoms. The summed E-state index contributed by atoms with van der Waals surface area (Å²) in [6, 6.07) is 12.5. The third-order valence-electron chi connectivity index (χ3n) is 3.09. The minimum Gasteiger partial charge on any atom is -0.326 e. The van der Waals surface area contributed by atoms with Crippen molar-refractivity contribution < 1.29 is 14.0 Å². The molecule has 2 rings (SSSR count). The van der Waals surface area contributed by atoms with Crippen molar-refractivity contribution in [3.63, 3.8) is 0 Å². The summed E-state index contributed by atoms with van der Waals surface area (Å²) in [5.41, 5.74) is 0.929. The zero-order valence-electron chi connectivity index (χ0n) is 13.1. The van der Waals surface area contributed by atoms with E-state index in [2.05, 4.69) is 26.6 Å². The zero-order valence-corrected chi connectivity index (χ0v) is 14.7. The van der Waals surface area contributed by atoms with E-state index in [1.54, 1.807) is 36.4 Å². The second-order valence-corrected chi connectivity index (χ2v) is 5.96. The van der Waals surface area contributed by atoms with E-state index in [0.29, 0.717) is 15.8 Å². The zero-order chi connectivity index (χ0) is 18.4. The molecule has 0 saturated heterocycles. The van der Waals surface area contributed by atoms with Crippen molar-refractivity contribution in [2.75, 3.05) is 10.6 Å². The molecule has 0 aromatic heterocycles. The Bertz CT molecular complexity index is 886. The van der Waals surface area contributed by atoms with Gasteiger partial charge in [0.1, 0.15) is 17.5 Å². The number of carbonyl (C=O) groups excluding carboxylic acids is 2. The Morgan fingerprint density at radius 2 is 1.72 bits per heavy atom. The van der Waals surface area contributed by atoms with Gasteiger partial charge in [-0.1, -0.05) is 22.0 Å². The molecular weight excluding hydrogens is 389 g/mol. The predicted octanol–water partition coefficient (Wildman–Crippen LogP) is 4.09. The first-order valence-corrected chi connectivity index (χ1v) is 7.94. The second kappa shape index (κ2) is 8.22. The molecule has 0 saturated carbocycles. The van der Waals surface area contributed by atoms with E-state index in [1.165, 1.54) is 25.1 Å². The molecule has 5 nitrogen and oxygen atoms in total. The molecule has 2 amide bonds. The Morgan fingerprint density at radius 3 is 2.24 bits per heavy atom. The maximum absolute atomic E-state index is 13.8. The number of rotatable bonds is 4. The molecule has 2 aromatic rings. The molecule has 0 aliphatic carbocycles. The lowest BCUT2D eigenvalue weighted by Gasteiger charge is -2.06. The van der Waals surface area contributed by atoms with Gasteiger partial charge in [0.15, 0.2) is 0 Å². The van der Waals surface area contributed by atoms with Gasteiger partial charge in [0.25, 0.3) is 5.91 Å². The van der Waals surface area contributed by atoms with Gasteiger partial charge in [-0.2, -0.15) is 5.26 Å². The Hall–Kier alpha value is -2.98. The van der Waals surface area contributed by atoms with Crippen molar-refractivity contribution in [1.29, 1.82) is 5.26 Å². The van der Waals surface area contributed by atoms with Crippen molar-refractivity contribution in [3.8, 4) is 6.07 Å². The highest BCUT2D eigenvalue weighted by molar-refractivity contribution is 9.10. The van der Waals surface area contributed by atoms with E-state index >= 15 is 0 Å². The monoisotopic (exact) mass is 401 g/mol. The third-order valence-corrected chi connectivity index (χ3v) is 3.58. The minimum absolute atomic E-state index is 0.135. The van der Waals surface area contributed by atoms with Crippen molar-refractivity contribution >= 4 is 45.2 Å². The van der Waals surface area contributed by atoms with Crippen LogP contribution in [0.2, 0.25) is 0 Å². The van der Waals surface area contributed by atoms with Crippen LogP contribution in [-0.4, -0.2) is 11.8 Å². The number of benzene rings is 2. The van der Waals surface area contributed by atoms with Gasteiger partial charge in [-0.25, -0.2) is 4.39 Å². The summed E-state index contributed by atoms with van der Waals surface area (Å²) < 4.78 is 14.4. The Balaban J connectivity index is 2.16. The summed E-state index contributed by atoms with van der Waals surface area (Å²) in [6.45, 7) is 1.39. The fourth-order valence-electron chi connectivity index (χ4n) is 1.96. The van der Waals surface area contributed by atoms with Crippen LogP contribution in [-0.2, 0) is 9.59 Å². The molecule has 0 fully saturated rings. The molecule has 0 aliphatic heterocycles. The quantitative estimate of drug-likeness (QED) is 0.597. The van der Waals surface area contributed by atoms with Crippen LogP contribution in [0.4, 0.5) is 15.8 Å². The summed E-state index contributed by atoms with van der Waals surface area (Å²) in [5.74, 6) is -1.41. The summed E-state index contributed by atoms with van der Waals surface area (Å²) in [5, 5.41) is 14.3. The van der Waals surface area contributed by atoms with Gasteiger partial charge >= 0.3 is 0 Å². The van der Waals surface area contributed by atoms with Gasteiger partial charge in [0, 0.05) is 28.3 Å². The number of hydrogen-bond acceptors (Lipinski definition) is 3. The van der Waals surface area contributed by atoms with E-state index in [9.17, 15) is 14.0 Å². The van der Waals surface area contributed by atoms with Crippen molar-refractivity contribution in [1.82, 2.24) is 0 Å². The van der Waals surface area contributed by atoms with Gasteiger partial charge in [-0.05, 0) is 42.5 Å². The van der Waals surface area contributed by atoms with Crippen molar-refractivity contribution in [2.45, 2.75) is 6.92 Å². The topological polar surface area (TPSA) is 82.0 Å². The van der Waals surface area contributed by atoms with Gasteiger partial charge in [0.05, 0.1) is 0 Å². The highest BCUT2D eigenvalue weighted by Gasteiger charge is 2.11. The number of nitriles is 1. The maximum Gasteiger partial charge on any atom is 0.266 e. The number of amides is 2. The Morgan fingerprint density at radius 1 is 1.12 bits per heavy atom. The average molecular weight is 402 g/mol. The predicted molar refractivity (Wildman–Crippen MR) is 97.1 cm³/mol. The number of nitrogens with one attached hydrogen (secondary N) is 2. The van der Waals surface area contributed by atoms with Crippen molar-refractivity contribution in [2.24, 2.45) is 0 Å². The Kier molecular flexibility index (Phi) is 6.03. The van der Waals surface area contributed by atoms with E-state index < -0.39 is 11.7 Å². The van der Waals surface area contributed by atoms with Gasteiger partial charge in [-0.15, -0.1) is 0 Å². The number of halogens is 2. The molecular formula is C18H13BrFN3O2. The molecule has 2 aromatic carbocycles. The van der Waals surface area contributed by atoms with Crippen LogP contribution in [0.3, 0.4) is 0 Å². The van der Waals surface area contributed by atoms with Gasteiger partial charge in [0.2, 0.25) is 5.91 Å². The van der Waals surface area contributed by atoms with Gasteiger partial charge in [-0.3, -0.25) is 9.59 Å². The fourth-order valence-corrected chi connectivity index (χ4v) is 2.29. The molecule has 7 heteroatoms. The molecule has 25 heavy (non-hydrogen) atoms. The van der Waals surface area contributed by atoms with E-state index in [0.717, 1.165) is 0 Å². The molecule has 0 aliphatic rings. The second-order valence-electron chi connectivity index (χ2n) is 5.05. The summed E-state index contributed by atoms with van der Waals surface area (Å²) >= 11 is 3.14. The number of nitrogens with zero attached hydrogens (tertiary/aromatic N) is 1. The van der Waals surface area contributed by atoms with Gasteiger partial charge < -0.3 is 10.6 Å². The van der Waals surface area contributed by atoms with Crippen LogP contribution < -0.4 is 10.6 Å². The van der Waals surface area contributed by atoms with E-state index in [4.69, 9.17) is 5.26 Å². The summed E-state index contributed by atoms with van der Waals surface area (Å²) in [7, 11) is 0. The molecule has 0 radical (unpaired) electrons. The molecule has 0 spiro atoms. The molecule has 0 heterocycles. The SMILES string of the molecule is CC(=O)Nc1ccc(NC(=O)C(C#N)=Cc2ccc(Br)cc2F)cc1. The van der Waals surface area contributed by atoms with Crippen LogP contribution in [0.15, 0.2) is 52.5 Å². The van der Waals surface area contributed by atoms with Crippen LogP contribution in [0.25, 0.3) is 6.08 Å².